The van der Waals surface area contributed by atoms with Gasteiger partial charge in [0.05, 0.1) is 27.7 Å². The molecule has 0 aliphatic carbocycles. The minimum atomic E-state index is 0. The second-order valence-electron chi connectivity index (χ2n) is 4.43. The molecule has 0 unspecified atom stereocenters. The molecule has 1 N–H and O–H groups in total. The van der Waals surface area contributed by atoms with Crippen molar-refractivity contribution in [2.24, 2.45) is 0 Å². The Hall–Kier alpha value is -0.570. The van der Waals surface area contributed by atoms with Crippen LogP contribution in [0.2, 0.25) is 0 Å². The lowest BCUT2D eigenvalue weighted by molar-refractivity contribution is -0.884. The number of nitrogens with zero attached hydrogens (tertiary/aromatic N) is 1. The zero-order chi connectivity index (χ0) is 9.90. The Kier molecular flexibility index (Phi) is 5.13. The van der Waals surface area contributed by atoms with Gasteiger partial charge in [0.1, 0.15) is 6.54 Å². The average Bonchev–Trinajstić information content (AvgIpc) is 2.01. The van der Waals surface area contributed by atoms with E-state index in [2.05, 4.69) is 33.3 Å². The summed E-state index contributed by atoms with van der Waals surface area (Å²) in [5.41, 5.74) is 2.27. The van der Waals surface area contributed by atoms with E-state index in [1.165, 1.54) is 5.56 Å². The number of quaternary nitrogens is 1. The van der Waals surface area contributed by atoms with Crippen LogP contribution in [0.15, 0.2) is 24.3 Å². The van der Waals surface area contributed by atoms with Crippen LogP contribution < -0.4 is 12.4 Å². The molecule has 0 saturated carbocycles. The molecule has 0 aliphatic rings. The molecule has 0 fully saturated rings. The van der Waals surface area contributed by atoms with Gasteiger partial charge < -0.3 is 22.0 Å². The van der Waals surface area contributed by atoms with Crippen LogP contribution >= 0.6 is 0 Å². The van der Waals surface area contributed by atoms with Crippen molar-refractivity contribution in [3.63, 3.8) is 0 Å². The quantitative estimate of drug-likeness (QED) is 0.602. The fourth-order valence-corrected chi connectivity index (χ4v) is 1.37. The summed E-state index contributed by atoms with van der Waals surface area (Å²) in [7, 11) is 6.48. The van der Waals surface area contributed by atoms with E-state index in [1.807, 2.05) is 12.1 Å². The smallest absolute Gasteiger partial charge is 0.104 e. The molecular formula is C11H18ClNO. The molecule has 1 aromatic carbocycles. The summed E-state index contributed by atoms with van der Waals surface area (Å²) in [6.45, 7) is 1.12. The fraction of sp³-hybridized carbons (Fsp3) is 0.455. The summed E-state index contributed by atoms with van der Waals surface area (Å²) >= 11 is 0. The molecule has 14 heavy (non-hydrogen) atoms. The standard InChI is InChI=1S/C11H18NO.ClH/c1-12(2,3)8-10-5-4-6-11(7-10)9-13;/h4-7,13H,8-9H2,1-3H3;1H/q+1;/p-1. The van der Waals surface area contributed by atoms with Gasteiger partial charge in [-0.25, -0.2) is 0 Å². The molecule has 0 bridgehead atoms. The number of rotatable bonds is 3. The maximum atomic E-state index is 8.96. The van der Waals surface area contributed by atoms with Crippen LogP contribution in [0, 0.1) is 0 Å². The van der Waals surface area contributed by atoms with Gasteiger partial charge >= 0.3 is 0 Å². The van der Waals surface area contributed by atoms with E-state index in [0.717, 1.165) is 16.6 Å². The first-order chi connectivity index (χ1) is 6.01. The molecule has 80 valence electrons. The van der Waals surface area contributed by atoms with Gasteiger partial charge in [-0.1, -0.05) is 18.2 Å². The zero-order valence-electron chi connectivity index (χ0n) is 9.00. The van der Waals surface area contributed by atoms with Crippen molar-refractivity contribution in [1.29, 1.82) is 0 Å². The van der Waals surface area contributed by atoms with E-state index in [4.69, 9.17) is 5.11 Å². The van der Waals surface area contributed by atoms with Crippen LogP contribution in [-0.4, -0.2) is 30.7 Å². The highest BCUT2D eigenvalue weighted by molar-refractivity contribution is 5.22. The van der Waals surface area contributed by atoms with E-state index < -0.39 is 0 Å². The molecule has 0 amide bonds. The number of hydrogen-bond acceptors (Lipinski definition) is 1. The van der Waals surface area contributed by atoms with Gasteiger partial charge in [0.15, 0.2) is 0 Å². The van der Waals surface area contributed by atoms with Crippen LogP contribution in [0.3, 0.4) is 0 Å². The molecule has 3 heteroatoms. The number of hydrogen-bond donors (Lipinski definition) is 1. The summed E-state index contributed by atoms with van der Waals surface area (Å²) in [5.74, 6) is 0. The van der Waals surface area contributed by atoms with E-state index in [0.29, 0.717) is 0 Å². The maximum absolute atomic E-state index is 8.96. The Morgan fingerprint density at radius 1 is 1.14 bits per heavy atom. The Balaban J connectivity index is 0.00000169. The summed E-state index contributed by atoms with van der Waals surface area (Å²) < 4.78 is 0.912. The summed E-state index contributed by atoms with van der Waals surface area (Å²) in [6.07, 6.45) is 0. The summed E-state index contributed by atoms with van der Waals surface area (Å²) in [4.78, 5) is 0. The van der Waals surface area contributed by atoms with Crippen LogP contribution in [-0.2, 0) is 13.2 Å². The highest BCUT2D eigenvalue weighted by Crippen LogP contribution is 2.09. The van der Waals surface area contributed by atoms with Gasteiger partial charge in [0.25, 0.3) is 0 Å². The van der Waals surface area contributed by atoms with Gasteiger partial charge in [0, 0.05) is 5.56 Å². The molecule has 0 saturated heterocycles. The fourth-order valence-electron chi connectivity index (χ4n) is 1.37. The van der Waals surface area contributed by atoms with Crippen molar-refractivity contribution in [2.45, 2.75) is 13.2 Å². The van der Waals surface area contributed by atoms with Crippen LogP contribution in [0.25, 0.3) is 0 Å². The van der Waals surface area contributed by atoms with Crippen molar-refractivity contribution < 1.29 is 22.0 Å². The van der Waals surface area contributed by atoms with Crippen molar-refractivity contribution in [1.82, 2.24) is 0 Å². The molecule has 0 heterocycles. The molecular weight excluding hydrogens is 198 g/mol. The molecule has 1 rings (SSSR count). The molecule has 0 radical (unpaired) electrons. The van der Waals surface area contributed by atoms with Crippen molar-refractivity contribution >= 4 is 0 Å². The Bertz CT molecular complexity index is 281. The summed E-state index contributed by atoms with van der Waals surface area (Å²) in [6, 6.07) is 8.10. The average molecular weight is 216 g/mol. The minimum Gasteiger partial charge on any atom is -1.00 e. The normalized spacial score (nSPS) is 10.9. The maximum Gasteiger partial charge on any atom is 0.104 e. The van der Waals surface area contributed by atoms with Gasteiger partial charge in [-0.05, 0) is 11.6 Å². The Labute approximate surface area is 92.2 Å². The number of aliphatic hydroxyl groups is 1. The van der Waals surface area contributed by atoms with Gasteiger partial charge in [0.2, 0.25) is 0 Å². The third-order valence-corrected chi connectivity index (χ3v) is 1.83. The molecule has 1 aromatic rings. The second kappa shape index (κ2) is 5.35. The van der Waals surface area contributed by atoms with Crippen molar-refractivity contribution in [2.75, 3.05) is 21.1 Å². The SMILES string of the molecule is C[N+](C)(C)Cc1cccc(CO)c1.[Cl-]. The summed E-state index contributed by atoms with van der Waals surface area (Å²) in [5, 5.41) is 8.96. The second-order valence-corrected chi connectivity index (χ2v) is 4.43. The third-order valence-electron chi connectivity index (χ3n) is 1.83. The lowest BCUT2D eigenvalue weighted by Crippen LogP contribution is -3.00. The van der Waals surface area contributed by atoms with Crippen LogP contribution in [0.5, 0.6) is 0 Å². The molecule has 0 spiro atoms. The first kappa shape index (κ1) is 13.4. The lowest BCUT2D eigenvalue weighted by atomic mass is 10.1. The van der Waals surface area contributed by atoms with Crippen LogP contribution in [0.1, 0.15) is 11.1 Å². The van der Waals surface area contributed by atoms with Gasteiger partial charge in [-0.3, -0.25) is 0 Å². The van der Waals surface area contributed by atoms with Gasteiger partial charge in [-0.2, -0.15) is 0 Å². The molecule has 0 aromatic heterocycles. The lowest BCUT2D eigenvalue weighted by Gasteiger charge is -2.24. The van der Waals surface area contributed by atoms with E-state index >= 15 is 0 Å². The van der Waals surface area contributed by atoms with E-state index in [9.17, 15) is 0 Å². The number of halogens is 1. The number of aliphatic hydroxyl groups excluding tert-OH is 1. The largest absolute Gasteiger partial charge is 1.00 e. The highest BCUT2D eigenvalue weighted by Gasteiger charge is 2.08. The van der Waals surface area contributed by atoms with Crippen LogP contribution in [0.4, 0.5) is 0 Å². The highest BCUT2D eigenvalue weighted by atomic mass is 35.5. The van der Waals surface area contributed by atoms with E-state index in [-0.39, 0.29) is 19.0 Å². The predicted molar refractivity (Wildman–Crippen MR) is 54.1 cm³/mol. The zero-order valence-corrected chi connectivity index (χ0v) is 9.75. The van der Waals surface area contributed by atoms with Crippen molar-refractivity contribution in [3.05, 3.63) is 35.4 Å². The van der Waals surface area contributed by atoms with Gasteiger partial charge in [-0.15, -0.1) is 0 Å². The molecule has 0 atom stereocenters. The number of benzene rings is 1. The Morgan fingerprint density at radius 3 is 2.21 bits per heavy atom. The Morgan fingerprint density at radius 2 is 1.71 bits per heavy atom. The molecule has 2 nitrogen and oxygen atoms in total. The topological polar surface area (TPSA) is 20.2 Å². The molecule has 0 aliphatic heterocycles. The third kappa shape index (κ3) is 4.61. The predicted octanol–water partition coefficient (Wildman–Crippen LogP) is -1.61. The first-order valence-corrected chi connectivity index (χ1v) is 4.50. The first-order valence-electron chi connectivity index (χ1n) is 4.50. The minimum absolute atomic E-state index is 0. The monoisotopic (exact) mass is 215 g/mol. The van der Waals surface area contributed by atoms with Crippen molar-refractivity contribution in [3.8, 4) is 0 Å². The van der Waals surface area contributed by atoms with E-state index in [1.54, 1.807) is 0 Å².